The normalized spacial score (nSPS) is 11.2. The Balaban J connectivity index is 2.22. The van der Waals surface area contributed by atoms with Gasteiger partial charge in [-0.05, 0) is 50.5 Å². The van der Waals surface area contributed by atoms with Crippen molar-refractivity contribution in [3.05, 3.63) is 35.4 Å². The van der Waals surface area contributed by atoms with Gasteiger partial charge in [0.25, 0.3) is 0 Å². The van der Waals surface area contributed by atoms with Gasteiger partial charge in [-0.2, -0.15) is 17.0 Å². The van der Waals surface area contributed by atoms with Crippen molar-refractivity contribution in [3.8, 4) is 6.07 Å². The summed E-state index contributed by atoms with van der Waals surface area (Å²) in [5, 5.41) is 8.91. The van der Waals surface area contributed by atoms with Crippen LogP contribution in [0.1, 0.15) is 37.8 Å². The monoisotopic (exact) mass is 247 g/mol. The van der Waals surface area contributed by atoms with Crippen LogP contribution in [0.4, 0.5) is 0 Å². The fraction of sp³-hybridized carbons (Fsp3) is 0.533. The van der Waals surface area contributed by atoms with Crippen molar-refractivity contribution in [2.24, 2.45) is 5.41 Å². The Morgan fingerprint density at radius 1 is 1.29 bits per heavy atom. The van der Waals surface area contributed by atoms with Crippen LogP contribution in [0.3, 0.4) is 0 Å². The minimum atomic E-state index is -0.163. The van der Waals surface area contributed by atoms with Crippen LogP contribution >= 0.6 is 11.8 Å². The van der Waals surface area contributed by atoms with Gasteiger partial charge in [-0.3, -0.25) is 0 Å². The van der Waals surface area contributed by atoms with Crippen LogP contribution < -0.4 is 0 Å². The van der Waals surface area contributed by atoms with Crippen molar-refractivity contribution in [2.75, 3.05) is 5.75 Å². The van der Waals surface area contributed by atoms with Crippen LogP contribution in [0, 0.1) is 23.7 Å². The van der Waals surface area contributed by atoms with Crippen LogP contribution in [0.2, 0.25) is 0 Å². The molecule has 0 N–H and O–H groups in total. The van der Waals surface area contributed by atoms with Crippen molar-refractivity contribution >= 4 is 11.8 Å². The van der Waals surface area contributed by atoms with Crippen molar-refractivity contribution < 1.29 is 0 Å². The van der Waals surface area contributed by atoms with Crippen LogP contribution in [-0.2, 0) is 5.75 Å². The molecule has 0 bridgehead atoms. The lowest BCUT2D eigenvalue weighted by atomic mass is 9.90. The van der Waals surface area contributed by atoms with Gasteiger partial charge < -0.3 is 0 Å². The van der Waals surface area contributed by atoms with Gasteiger partial charge in [0.05, 0.1) is 11.5 Å². The first-order valence-electron chi connectivity index (χ1n) is 6.09. The van der Waals surface area contributed by atoms with E-state index in [9.17, 15) is 0 Å². The van der Waals surface area contributed by atoms with Gasteiger partial charge in [0.15, 0.2) is 0 Å². The third-order valence-electron chi connectivity index (χ3n) is 2.91. The van der Waals surface area contributed by atoms with Gasteiger partial charge >= 0.3 is 0 Å². The Labute approximate surface area is 109 Å². The van der Waals surface area contributed by atoms with Crippen molar-refractivity contribution in [3.63, 3.8) is 0 Å². The molecular formula is C15H21NS. The lowest BCUT2D eigenvalue weighted by Crippen LogP contribution is -2.07. The zero-order valence-electron chi connectivity index (χ0n) is 11.0. The summed E-state index contributed by atoms with van der Waals surface area (Å²) in [6.45, 7) is 6.19. The molecule has 0 amide bonds. The molecular weight excluding hydrogens is 226 g/mol. The largest absolute Gasteiger partial charge is 0.198 e. The molecule has 1 aromatic carbocycles. The maximum absolute atomic E-state index is 8.91. The molecule has 0 radical (unpaired) electrons. The van der Waals surface area contributed by atoms with Gasteiger partial charge in [-0.1, -0.05) is 24.3 Å². The van der Waals surface area contributed by atoms with E-state index in [2.05, 4.69) is 37.3 Å². The Bertz CT molecular complexity index is 390. The van der Waals surface area contributed by atoms with E-state index in [1.807, 2.05) is 25.6 Å². The van der Waals surface area contributed by atoms with Crippen molar-refractivity contribution in [1.82, 2.24) is 0 Å². The Kier molecular flexibility index (Phi) is 5.58. The first kappa shape index (κ1) is 14.1. The summed E-state index contributed by atoms with van der Waals surface area (Å²) in [5.41, 5.74) is 2.64. The highest BCUT2D eigenvalue weighted by Crippen LogP contribution is 2.23. The van der Waals surface area contributed by atoms with Gasteiger partial charge in [0, 0.05) is 5.75 Å². The maximum Gasteiger partial charge on any atom is 0.0683 e. The number of nitrogens with zero attached hydrogens (tertiary/aromatic N) is 1. The summed E-state index contributed by atoms with van der Waals surface area (Å²) in [6, 6.07) is 10.9. The fourth-order valence-electron chi connectivity index (χ4n) is 1.63. The molecule has 0 heterocycles. The molecule has 0 aromatic heterocycles. The highest BCUT2D eigenvalue weighted by atomic mass is 32.2. The topological polar surface area (TPSA) is 23.8 Å². The van der Waals surface area contributed by atoms with Crippen LogP contribution in [0.15, 0.2) is 24.3 Å². The highest BCUT2D eigenvalue weighted by molar-refractivity contribution is 7.98. The molecule has 0 aliphatic rings. The van der Waals surface area contributed by atoms with E-state index < -0.39 is 0 Å². The molecule has 0 saturated carbocycles. The molecule has 92 valence electrons. The molecule has 0 spiro atoms. The Morgan fingerprint density at radius 2 is 2.00 bits per heavy atom. The predicted octanol–water partition coefficient (Wildman–Crippen LogP) is 4.56. The average Bonchev–Trinajstić information content (AvgIpc) is 2.31. The number of nitriles is 1. The zero-order valence-corrected chi connectivity index (χ0v) is 11.8. The van der Waals surface area contributed by atoms with E-state index in [-0.39, 0.29) is 5.41 Å². The second-order valence-corrected chi connectivity index (χ2v) is 6.18. The molecule has 0 saturated heterocycles. The second kappa shape index (κ2) is 6.71. The predicted molar refractivity (Wildman–Crippen MR) is 76.0 cm³/mol. The van der Waals surface area contributed by atoms with Crippen LogP contribution in [0.25, 0.3) is 0 Å². The van der Waals surface area contributed by atoms with E-state index in [0.717, 1.165) is 24.3 Å². The summed E-state index contributed by atoms with van der Waals surface area (Å²) < 4.78 is 0. The van der Waals surface area contributed by atoms with Crippen LogP contribution in [0.5, 0.6) is 0 Å². The molecule has 1 aromatic rings. The van der Waals surface area contributed by atoms with E-state index in [4.69, 9.17) is 5.26 Å². The molecule has 0 aliphatic heterocycles. The third kappa shape index (κ3) is 5.28. The summed E-state index contributed by atoms with van der Waals surface area (Å²) >= 11 is 1.96. The quantitative estimate of drug-likeness (QED) is 0.688. The number of hydrogen-bond acceptors (Lipinski definition) is 2. The second-order valence-electron chi connectivity index (χ2n) is 5.08. The van der Waals surface area contributed by atoms with Gasteiger partial charge in [-0.15, -0.1) is 0 Å². The van der Waals surface area contributed by atoms with E-state index in [1.54, 1.807) is 0 Å². The van der Waals surface area contributed by atoms with Gasteiger partial charge in [-0.25, -0.2) is 0 Å². The number of rotatable bonds is 6. The minimum Gasteiger partial charge on any atom is -0.198 e. The summed E-state index contributed by atoms with van der Waals surface area (Å²) in [5.74, 6) is 2.22. The number of benzene rings is 1. The SMILES string of the molecule is Cc1ccccc1CSCCCC(C)(C)C#N. The molecule has 0 aliphatic carbocycles. The molecule has 2 heteroatoms. The molecule has 1 nitrogen and oxygen atoms in total. The molecule has 0 fully saturated rings. The lowest BCUT2D eigenvalue weighted by molar-refractivity contribution is 0.448. The first-order chi connectivity index (χ1) is 8.05. The summed E-state index contributed by atoms with van der Waals surface area (Å²) in [4.78, 5) is 0. The van der Waals surface area contributed by atoms with Gasteiger partial charge in [0.2, 0.25) is 0 Å². The fourth-order valence-corrected chi connectivity index (χ4v) is 2.66. The first-order valence-corrected chi connectivity index (χ1v) is 7.24. The minimum absolute atomic E-state index is 0.163. The number of aryl methyl sites for hydroxylation is 1. The highest BCUT2D eigenvalue weighted by Gasteiger charge is 2.15. The Morgan fingerprint density at radius 3 is 2.65 bits per heavy atom. The number of thioether (sulfide) groups is 1. The Hall–Kier alpha value is -0.940. The smallest absolute Gasteiger partial charge is 0.0683 e. The third-order valence-corrected chi connectivity index (χ3v) is 4.00. The standard InChI is InChI=1S/C15H21NS/c1-13-7-4-5-8-14(13)11-17-10-6-9-15(2,3)12-16/h4-5,7-8H,6,9-11H2,1-3H3. The number of hydrogen-bond donors (Lipinski definition) is 0. The molecule has 1 rings (SSSR count). The van der Waals surface area contributed by atoms with E-state index >= 15 is 0 Å². The zero-order chi connectivity index (χ0) is 12.7. The van der Waals surface area contributed by atoms with Crippen molar-refractivity contribution in [1.29, 1.82) is 5.26 Å². The molecule has 0 atom stereocenters. The summed E-state index contributed by atoms with van der Waals surface area (Å²) in [6.07, 6.45) is 2.11. The maximum atomic E-state index is 8.91. The lowest BCUT2D eigenvalue weighted by Gasteiger charge is -2.14. The van der Waals surface area contributed by atoms with Gasteiger partial charge in [0.1, 0.15) is 0 Å². The molecule has 17 heavy (non-hydrogen) atoms. The van der Waals surface area contributed by atoms with Crippen LogP contribution in [-0.4, -0.2) is 5.75 Å². The van der Waals surface area contributed by atoms with E-state index in [0.29, 0.717) is 0 Å². The molecule has 0 unspecified atom stereocenters. The summed E-state index contributed by atoms with van der Waals surface area (Å²) in [7, 11) is 0. The van der Waals surface area contributed by atoms with E-state index in [1.165, 1.54) is 11.1 Å². The van der Waals surface area contributed by atoms with Crippen molar-refractivity contribution in [2.45, 2.75) is 39.4 Å². The average molecular weight is 247 g/mol.